The Bertz CT molecular complexity index is 992. The molecule has 150 valence electrons. The van der Waals surface area contributed by atoms with Gasteiger partial charge in [-0.25, -0.2) is 4.98 Å². The summed E-state index contributed by atoms with van der Waals surface area (Å²) in [6.45, 7) is 0.975. The molecular formula is C18H14F3N5O3. The molecule has 0 bridgehead atoms. The highest BCUT2D eigenvalue weighted by Crippen LogP contribution is 2.29. The van der Waals surface area contributed by atoms with Crippen molar-refractivity contribution in [3.63, 3.8) is 0 Å². The Labute approximate surface area is 162 Å². The van der Waals surface area contributed by atoms with E-state index >= 15 is 0 Å². The number of alkyl halides is 3. The van der Waals surface area contributed by atoms with Crippen LogP contribution in [0.4, 0.5) is 13.2 Å². The number of amides is 1. The molecule has 3 aromatic heterocycles. The van der Waals surface area contributed by atoms with Gasteiger partial charge in [0.2, 0.25) is 5.82 Å². The lowest BCUT2D eigenvalue weighted by atomic mass is 10.2. The van der Waals surface area contributed by atoms with Gasteiger partial charge in [-0.1, -0.05) is 5.16 Å². The Balaban J connectivity index is 1.37. The Hall–Kier alpha value is -3.50. The molecule has 1 amide bonds. The smallest absolute Gasteiger partial charge is 0.471 e. The highest BCUT2D eigenvalue weighted by molar-refractivity contribution is 5.94. The van der Waals surface area contributed by atoms with E-state index in [0.717, 1.165) is 0 Å². The molecule has 1 aliphatic heterocycles. The highest BCUT2D eigenvalue weighted by Gasteiger charge is 2.38. The fourth-order valence-electron chi connectivity index (χ4n) is 2.90. The van der Waals surface area contributed by atoms with Crippen LogP contribution >= 0.6 is 0 Å². The van der Waals surface area contributed by atoms with Crippen molar-refractivity contribution in [2.45, 2.75) is 18.7 Å². The first-order valence-electron chi connectivity index (χ1n) is 8.63. The number of halogens is 3. The average Bonchev–Trinajstić information content (AvgIpc) is 3.38. The molecule has 1 fully saturated rings. The standard InChI is InChI=1S/C18H14F3N5O3/c19-18(20,21)17-24-15(25-29-17)14-2-1-12(9-23-14)28-13-5-8-26(10-13)16(27)11-3-6-22-7-4-11/h1-4,6-7,9,13H,5,8,10H2. The molecule has 0 aliphatic carbocycles. The third kappa shape index (κ3) is 4.18. The SMILES string of the molecule is O=C(c1ccncc1)N1CCC(Oc2ccc(-c3noc(C(F)(F)F)n3)nc2)C1. The molecule has 1 atom stereocenters. The fraction of sp³-hybridized carbons (Fsp3) is 0.278. The first-order chi connectivity index (χ1) is 13.9. The van der Waals surface area contributed by atoms with Crippen LogP contribution in [0.2, 0.25) is 0 Å². The lowest BCUT2D eigenvalue weighted by Crippen LogP contribution is -2.30. The Morgan fingerprint density at radius 1 is 1.21 bits per heavy atom. The number of rotatable bonds is 4. The molecular weight excluding hydrogens is 391 g/mol. The summed E-state index contributed by atoms with van der Waals surface area (Å²) in [5.41, 5.74) is 0.683. The molecule has 0 saturated carbocycles. The average molecular weight is 405 g/mol. The maximum Gasteiger partial charge on any atom is 0.471 e. The minimum atomic E-state index is -4.71. The predicted molar refractivity (Wildman–Crippen MR) is 91.7 cm³/mol. The topological polar surface area (TPSA) is 94.2 Å². The summed E-state index contributed by atoms with van der Waals surface area (Å²) in [4.78, 5) is 25.3. The van der Waals surface area contributed by atoms with Crippen LogP contribution in [0.15, 0.2) is 47.4 Å². The van der Waals surface area contributed by atoms with Crippen molar-refractivity contribution >= 4 is 5.91 Å². The minimum absolute atomic E-state index is 0.0930. The molecule has 11 heteroatoms. The van der Waals surface area contributed by atoms with Crippen molar-refractivity contribution in [3.8, 4) is 17.3 Å². The second-order valence-electron chi connectivity index (χ2n) is 6.32. The van der Waals surface area contributed by atoms with Crippen LogP contribution in [0.25, 0.3) is 11.5 Å². The molecule has 4 rings (SSSR count). The monoisotopic (exact) mass is 405 g/mol. The molecule has 0 aromatic carbocycles. The van der Waals surface area contributed by atoms with Crippen LogP contribution in [0, 0.1) is 0 Å². The summed E-state index contributed by atoms with van der Waals surface area (Å²) in [6.07, 6.45) is 0.217. The summed E-state index contributed by atoms with van der Waals surface area (Å²) >= 11 is 0. The maximum atomic E-state index is 12.5. The highest BCUT2D eigenvalue weighted by atomic mass is 19.4. The number of carbonyl (C=O) groups excluding carboxylic acids is 1. The van der Waals surface area contributed by atoms with Gasteiger partial charge >= 0.3 is 12.1 Å². The molecule has 1 saturated heterocycles. The lowest BCUT2D eigenvalue weighted by Gasteiger charge is -2.17. The summed E-state index contributed by atoms with van der Waals surface area (Å²) < 4.78 is 47.6. The van der Waals surface area contributed by atoms with Crippen molar-refractivity contribution in [3.05, 3.63) is 54.3 Å². The zero-order valence-corrected chi connectivity index (χ0v) is 14.8. The third-order valence-corrected chi connectivity index (χ3v) is 4.30. The van der Waals surface area contributed by atoms with Gasteiger partial charge in [0, 0.05) is 30.9 Å². The van der Waals surface area contributed by atoms with Gasteiger partial charge in [-0.05, 0) is 24.3 Å². The van der Waals surface area contributed by atoms with Crippen LogP contribution in [-0.4, -0.2) is 50.1 Å². The molecule has 29 heavy (non-hydrogen) atoms. The molecule has 8 nitrogen and oxygen atoms in total. The minimum Gasteiger partial charge on any atom is -0.487 e. The summed E-state index contributed by atoms with van der Waals surface area (Å²) in [5.74, 6) is -1.36. The summed E-state index contributed by atoms with van der Waals surface area (Å²) in [5, 5.41) is 3.29. The lowest BCUT2D eigenvalue weighted by molar-refractivity contribution is -0.159. The molecule has 0 spiro atoms. The van der Waals surface area contributed by atoms with E-state index in [1.807, 2.05) is 0 Å². The number of aromatic nitrogens is 4. The van der Waals surface area contributed by atoms with Gasteiger partial charge in [0.05, 0.1) is 12.7 Å². The van der Waals surface area contributed by atoms with Crippen molar-refractivity contribution in [2.75, 3.05) is 13.1 Å². The van der Waals surface area contributed by atoms with Crippen LogP contribution in [0.1, 0.15) is 22.7 Å². The Morgan fingerprint density at radius 2 is 2.00 bits per heavy atom. The van der Waals surface area contributed by atoms with Crippen LogP contribution in [0.5, 0.6) is 5.75 Å². The number of ether oxygens (including phenoxy) is 1. The van der Waals surface area contributed by atoms with Crippen molar-refractivity contribution < 1.29 is 27.2 Å². The van der Waals surface area contributed by atoms with Crippen LogP contribution in [0.3, 0.4) is 0 Å². The van der Waals surface area contributed by atoms with E-state index in [-0.39, 0.29) is 23.5 Å². The van der Waals surface area contributed by atoms with Crippen molar-refractivity contribution in [1.82, 2.24) is 25.0 Å². The van der Waals surface area contributed by atoms with Crippen LogP contribution in [-0.2, 0) is 6.18 Å². The summed E-state index contributed by atoms with van der Waals surface area (Å²) in [6, 6.07) is 6.30. The van der Waals surface area contributed by atoms with Gasteiger partial charge in [-0.2, -0.15) is 18.2 Å². The molecule has 1 aliphatic rings. The van der Waals surface area contributed by atoms with Gasteiger partial charge in [0.1, 0.15) is 17.5 Å². The van der Waals surface area contributed by atoms with E-state index in [1.165, 1.54) is 12.3 Å². The van der Waals surface area contributed by atoms with Gasteiger partial charge in [-0.3, -0.25) is 9.78 Å². The number of pyridine rings is 2. The van der Waals surface area contributed by atoms with E-state index in [2.05, 4.69) is 24.6 Å². The molecule has 1 unspecified atom stereocenters. The Kier molecular flexibility index (Phi) is 4.87. The zero-order chi connectivity index (χ0) is 20.4. The normalized spacial score (nSPS) is 16.8. The van der Waals surface area contributed by atoms with Crippen LogP contribution < -0.4 is 4.74 Å². The Morgan fingerprint density at radius 3 is 2.66 bits per heavy atom. The molecule has 4 heterocycles. The van der Waals surface area contributed by atoms with E-state index in [0.29, 0.717) is 30.8 Å². The van der Waals surface area contributed by atoms with Gasteiger partial charge in [0.15, 0.2) is 0 Å². The first-order valence-corrected chi connectivity index (χ1v) is 8.63. The fourth-order valence-corrected chi connectivity index (χ4v) is 2.90. The predicted octanol–water partition coefficient (Wildman–Crippen LogP) is 2.84. The number of likely N-dealkylation sites (tertiary alicyclic amines) is 1. The molecule has 3 aromatic rings. The maximum absolute atomic E-state index is 12.5. The number of hydrogen-bond acceptors (Lipinski definition) is 7. The second kappa shape index (κ2) is 7.49. The van der Waals surface area contributed by atoms with Crippen molar-refractivity contribution in [2.24, 2.45) is 0 Å². The number of carbonyl (C=O) groups is 1. The first kappa shape index (κ1) is 18.8. The number of hydrogen-bond donors (Lipinski definition) is 0. The number of nitrogens with zero attached hydrogens (tertiary/aromatic N) is 5. The van der Waals surface area contributed by atoms with E-state index in [1.54, 1.807) is 35.5 Å². The van der Waals surface area contributed by atoms with E-state index in [9.17, 15) is 18.0 Å². The van der Waals surface area contributed by atoms with E-state index in [4.69, 9.17) is 4.74 Å². The van der Waals surface area contributed by atoms with E-state index < -0.39 is 12.1 Å². The largest absolute Gasteiger partial charge is 0.487 e. The molecule has 0 N–H and O–H groups in total. The summed E-state index contributed by atoms with van der Waals surface area (Å²) in [7, 11) is 0. The molecule has 0 radical (unpaired) electrons. The van der Waals surface area contributed by atoms with Crippen molar-refractivity contribution in [1.29, 1.82) is 0 Å². The zero-order valence-electron chi connectivity index (χ0n) is 14.8. The van der Waals surface area contributed by atoms with Gasteiger partial charge in [0.25, 0.3) is 5.91 Å². The quantitative estimate of drug-likeness (QED) is 0.659. The van der Waals surface area contributed by atoms with Gasteiger partial charge in [-0.15, -0.1) is 0 Å². The third-order valence-electron chi connectivity index (χ3n) is 4.30. The second-order valence-corrected chi connectivity index (χ2v) is 6.32. The van der Waals surface area contributed by atoms with Gasteiger partial charge < -0.3 is 14.2 Å².